The molecule has 2 nitrogen and oxygen atoms in total. The molecule has 0 amide bonds. The van der Waals surface area contributed by atoms with E-state index in [2.05, 4.69) is 23.1 Å². The van der Waals surface area contributed by atoms with Gasteiger partial charge in [0.2, 0.25) is 0 Å². The van der Waals surface area contributed by atoms with E-state index in [4.69, 9.17) is 0 Å². The number of fused-ring (bicyclic) bond motifs is 1. The molecule has 0 unspecified atom stereocenters. The van der Waals surface area contributed by atoms with Crippen molar-refractivity contribution in [2.24, 2.45) is 0 Å². The molecule has 2 aliphatic rings. The first-order valence-electron chi connectivity index (χ1n) is 8.10. The van der Waals surface area contributed by atoms with Crippen molar-refractivity contribution in [2.45, 2.75) is 25.2 Å². The largest absolute Gasteiger partial charge is 0.359 e. The standard InChI is InChI=1S/C19H20F2N2/c1-22(18-6-5-14-3-2-4-15(14)11-18)16-7-9-17(10-8-16)23-12-19(20,21)13-23/h5-11H,2-4,12-13H2,1H3. The zero-order chi connectivity index (χ0) is 16.0. The second-order valence-electron chi connectivity index (χ2n) is 6.59. The van der Waals surface area contributed by atoms with Crippen LogP contribution in [0, 0.1) is 0 Å². The van der Waals surface area contributed by atoms with Crippen LogP contribution in [-0.4, -0.2) is 26.1 Å². The van der Waals surface area contributed by atoms with E-state index in [-0.39, 0.29) is 13.1 Å². The highest BCUT2D eigenvalue weighted by molar-refractivity contribution is 5.66. The highest BCUT2D eigenvalue weighted by Crippen LogP contribution is 2.34. The van der Waals surface area contributed by atoms with E-state index >= 15 is 0 Å². The van der Waals surface area contributed by atoms with Crippen LogP contribution < -0.4 is 9.80 Å². The molecule has 0 radical (unpaired) electrons. The van der Waals surface area contributed by atoms with Crippen LogP contribution in [0.3, 0.4) is 0 Å². The number of anilines is 3. The van der Waals surface area contributed by atoms with E-state index in [1.165, 1.54) is 36.1 Å². The smallest absolute Gasteiger partial charge is 0.282 e. The number of hydrogen-bond acceptors (Lipinski definition) is 2. The van der Waals surface area contributed by atoms with Crippen molar-refractivity contribution in [1.82, 2.24) is 0 Å². The molecule has 4 heteroatoms. The van der Waals surface area contributed by atoms with Crippen molar-refractivity contribution in [3.63, 3.8) is 0 Å². The van der Waals surface area contributed by atoms with Gasteiger partial charge in [-0.1, -0.05) is 6.07 Å². The molecule has 0 aromatic heterocycles. The summed E-state index contributed by atoms with van der Waals surface area (Å²) < 4.78 is 25.9. The second kappa shape index (κ2) is 5.22. The van der Waals surface area contributed by atoms with E-state index in [9.17, 15) is 8.78 Å². The molecule has 0 bridgehead atoms. The first kappa shape index (κ1) is 14.5. The van der Waals surface area contributed by atoms with Gasteiger partial charge in [0.05, 0.1) is 13.1 Å². The SMILES string of the molecule is CN(c1ccc(N2CC(F)(F)C2)cc1)c1ccc2c(c1)CCC2. The van der Waals surface area contributed by atoms with E-state index in [1.807, 2.05) is 31.3 Å². The molecule has 2 aromatic carbocycles. The number of alkyl halides is 2. The highest BCUT2D eigenvalue weighted by Gasteiger charge is 2.43. The van der Waals surface area contributed by atoms with Gasteiger partial charge >= 0.3 is 0 Å². The third-order valence-corrected chi connectivity index (χ3v) is 4.92. The minimum atomic E-state index is -2.53. The van der Waals surface area contributed by atoms with Gasteiger partial charge in [-0.3, -0.25) is 0 Å². The average molecular weight is 314 g/mol. The summed E-state index contributed by atoms with van der Waals surface area (Å²) in [5.74, 6) is -2.53. The van der Waals surface area contributed by atoms with Crippen molar-refractivity contribution in [3.8, 4) is 0 Å². The van der Waals surface area contributed by atoms with Crippen LogP contribution in [0.5, 0.6) is 0 Å². The molecule has 120 valence electrons. The van der Waals surface area contributed by atoms with E-state index in [1.54, 1.807) is 4.90 Å². The fraction of sp³-hybridized carbons (Fsp3) is 0.368. The van der Waals surface area contributed by atoms with Crippen molar-refractivity contribution < 1.29 is 8.78 Å². The number of halogens is 2. The summed E-state index contributed by atoms with van der Waals surface area (Å²) in [5, 5.41) is 0. The minimum Gasteiger partial charge on any atom is -0.359 e. The number of rotatable bonds is 3. The summed E-state index contributed by atoms with van der Waals surface area (Å²) in [6.45, 7) is -0.347. The number of hydrogen-bond donors (Lipinski definition) is 0. The van der Waals surface area contributed by atoms with Gasteiger partial charge in [-0.15, -0.1) is 0 Å². The van der Waals surface area contributed by atoms with Crippen LogP contribution in [0.15, 0.2) is 42.5 Å². The molecule has 1 saturated heterocycles. The van der Waals surface area contributed by atoms with Gasteiger partial charge in [0.1, 0.15) is 0 Å². The molecule has 1 fully saturated rings. The molecule has 23 heavy (non-hydrogen) atoms. The first-order chi connectivity index (χ1) is 11.0. The van der Waals surface area contributed by atoms with Crippen LogP contribution in [0.1, 0.15) is 17.5 Å². The third-order valence-electron chi connectivity index (χ3n) is 4.92. The van der Waals surface area contributed by atoms with Gasteiger partial charge in [-0.05, 0) is 66.8 Å². The molecule has 2 aromatic rings. The average Bonchev–Trinajstić information content (AvgIpc) is 2.99. The molecule has 0 N–H and O–H groups in total. The molecule has 1 aliphatic carbocycles. The summed E-state index contributed by atoms with van der Waals surface area (Å²) in [6, 6.07) is 14.5. The Morgan fingerprint density at radius 2 is 1.57 bits per heavy atom. The van der Waals surface area contributed by atoms with Crippen LogP contribution in [0.4, 0.5) is 25.8 Å². The fourth-order valence-corrected chi connectivity index (χ4v) is 3.50. The maximum Gasteiger partial charge on any atom is 0.282 e. The normalized spacial score (nSPS) is 18.5. The summed E-state index contributed by atoms with van der Waals surface area (Å²) in [4.78, 5) is 3.85. The Balaban J connectivity index is 1.51. The molecule has 1 aliphatic heterocycles. The number of benzene rings is 2. The second-order valence-corrected chi connectivity index (χ2v) is 6.59. The Morgan fingerprint density at radius 3 is 2.26 bits per heavy atom. The number of aryl methyl sites for hydroxylation is 2. The molecular weight excluding hydrogens is 294 g/mol. The summed E-state index contributed by atoms with van der Waals surface area (Å²) in [6.07, 6.45) is 3.60. The molecule has 0 spiro atoms. The lowest BCUT2D eigenvalue weighted by Crippen LogP contribution is -2.56. The van der Waals surface area contributed by atoms with E-state index in [0.717, 1.165) is 11.4 Å². The molecule has 0 saturated carbocycles. The maximum absolute atomic E-state index is 13.0. The van der Waals surface area contributed by atoms with Crippen LogP contribution >= 0.6 is 0 Å². The summed E-state index contributed by atoms with van der Waals surface area (Å²) in [7, 11) is 2.05. The van der Waals surface area contributed by atoms with Crippen LogP contribution in [0.2, 0.25) is 0 Å². The van der Waals surface area contributed by atoms with E-state index in [0.29, 0.717) is 0 Å². The van der Waals surface area contributed by atoms with Crippen molar-refractivity contribution >= 4 is 17.1 Å². The lowest BCUT2D eigenvalue weighted by atomic mass is 10.1. The first-order valence-corrected chi connectivity index (χ1v) is 8.10. The molecular formula is C19H20F2N2. The Kier molecular flexibility index (Phi) is 3.29. The van der Waals surface area contributed by atoms with Gasteiger partial charge in [-0.25, -0.2) is 8.78 Å². The predicted octanol–water partition coefficient (Wildman–Crippen LogP) is 4.40. The molecule has 4 rings (SSSR count). The lowest BCUT2D eigenvalue weighted by Gasteiger charge is -2.40. The van der Waals surface area contributed by atoms with Gasteiger partial charge in [0.15, 0.2) is 0 Å². The van der Waals surface area contributed by atoms with Gasteiger partial charge < -0.3 is 9.80 Å². The van der Waals surface area contributed by atoms with Gasteiger partial charge in [0.25, 0.3) is 5.92 Å². The van der Waals surface area contributed by atoms with Crippen molar-refractivity contribution in [1.29, 1.82) is 0 Å². The monoisotopic (exact) mass is 314 g/mol. The lowest BCUT2D eigenvalue weighted by molar-refractivity contribution is -0.0262. The van der Waals surface area contributed by atoms with Crippen LogP contribution in [0.25, 0.3) is 0 Å². The fourth-order valence-electron chi connectivity index (χ4n) is 3.50. The third kappa shape index (κ3) is 2.67. The molecule has 0 atom stereocenters. The van der Waals surface area contributed by atoms with Crippen LogP contribution in [-0.2, 0) is 12.8 Å². The zero-order valence-electron chi connectivity index (χ0n) is 13.2. The maximum atomic E-state index is 13.0. The number of nitrogens with zero attached hydrogens (tertiary/aromatic N) is 2. The predicted molar refractivity (Wildman–Crippen MR) is 90.1 cm³/mol. The van der Waals surface area contributed by atoms with Gasteiger partial charge in [0, 0.05) is 24.1 Å². The topological polar surface area (TPSA) is 6.48 Å². The van der Waals surface area contributed by atoms with Gasteiger partial charge in [-0.2, -0.15) is 0 Å². The summed E-state index contributed by atoms with van der Waals surface area (Å²) in [5.41, 5.74) is 6.03. The Bertz CT molecular complexity index is 717. The summed E-state index contributed by atoms with van der Waals surface area (Å²) >= 11 is 0. The quantitative estimate of drug-likeness (QED) is 0.828. The minimum absolute atomic E-state index is 0.174. The molecule has 1 heterocycles. The zero-order valence-corrected chi connectivity index (χ0v) is 13.2. The van der Waals surface area contributed by atoms with Crippen molar-refractivity contribution in [3.05, 3.63) is 53.6 Å². The Labute approximate surface area is 135 Å². The van der Waals surface area contributed by atoms with Crippen molar-refractivity contribution in [2.75, 3.05) is 29.9 Å². The Morgan fingerprint density at radius 1 is 0.913 bits per heavy atom. The van der Waals surface area contributed by atoms with E-state index < -0.39 is 5.92 Å². The Hall–Kier alpha value is -2.10. The highest BCUT2D eigenvalue weighted by atomic mass is 19.3.